The number of allylic oxidation sites excluding steroid dienone is 2. The minimum absolute atomic E-state index is 0.172. The van der Waals surface area contributed by atoms with Crippen molar-refractivity contribution in [2.75, 3.05) is 0 Å². The summed E-state index contributed by atoms with van der Waals surface area (Å²) >= 11 is 0. The first-order chi connectivity index (χ1) is 12.9. The summed E-state index contributed by atoms with van der Waals surface area (Å²) in [7, 11) is -3.32. The van der Waals surface area contributed by atoms with E-state index in [1.54, 1.807) is 0 Å². The molecular weight excluding hydrogens is 344 g/mol. The van der Waals surface area contributed by atoms with Crippen LogP contribution in [0.2, 0.25) is 44.8 Å². The monoisotopic (exact) mass is 378 g/mol. The average Bonchev–Trinajstić information content (AvgIpc) is 3.47. The Balaban J connectivity index is 1.84. The summed E-state index contributed by atoms with van der Waals surface area (Å²) in [5.74, 6) is -1.39. The summed E-state index contributed by atoms with van der Waals surface area (Å²) < 4.78 is 19.5. The summed E-state index contributed by atoms with van der Waals surface area (Å²) in [4.78, 5) is 0. The molecule has 0 spiro atoms. The Morgan fingerprint density at radius 2 is 1.31 bits per heavy atom. The van der Waals surface area contributed by atoms with Crippen LogP contribution < -0.4 is 0 Å². The lowest BCUT2D eigenvalue weighted by molar-refractivity contribution is 0.737. The van der Waals surface area contributed by atoms with Crippen LogP contribution in [0, 0.1) is 11.8 Å². The van der Waals surface area contributed by atoms with E-state index in [0.29, 0.717) is 5.54 Å². The van der Waals surface area contributed by atoms with Crippen LogP contribution in [0.4, 0.5) is 0 Å². The van der Waals surface area contributed by atoms with E-state index in [9.17, 15) is 2.74 Å². The van der Waals surface area contributed by atoms with Gasteiger partial charge in [0, 0.05) is 16.7 Å². The molecule has 0 amide bonds. The predicted octanol–water partition coefficient (Wildman–Crippen LogP) is 7.07. The SMILES string of the molecule is [2H][C@@]1([C@@]2([2H])[C@H]([Si](C)(C)C)[C@@H]2c2ccccc2)C(c2ccccc2)=C1[Si](C)(C)C. The van der Waals surface area contributed by atoms with Gasteiger partial charge in [-0.05, 0) is 34.1 Å². The Morgan fingerprint density at radius 3 is 1.81 bits per heavy atom. The van der Waals surface area contributed by atoms with Gasteiger partial charge in [-0.3, -0.25) is 0 Å². The highest BCUT2D eigenvalue weighted by Gasteiger charge is 2.65. The van der Waals surface area contributed by atoms with Crippen molar-refractivity contribution in [3.8, 4) is 0 Å². The molecule has 0 radical (unpaired) electrons. The number of hydrogen-bond donors (Lipinski definition) is 0. The van der Waals surface area contributed by atoms with Gasteiger partial charge in [0.15, 0.2) is 0 Å². The molecule has 2 aromatic rings. The van der Waals surface area contributed by atoms with E-state index < -0.39 is 27.9 Å². The second-order valence-electron chi connectivity index (χ2n) is 9.93. The second-order valence-corrected chi connectivity index (χ2v) is 20.3. The van der Waals surface area contributed by atoms with Crippen molar-refractivity contribution in [1.82, 2.24) is 0 Å². The zero-order chi connectivity index (χ0) is 20.5. The Labute approximate surface area is 164 Å². The van der Waals surface area contributed by atoms with Crippen LogP contribution in [0.25, 0.3) is 5.57 Å². The topological polar surface area (TPSA) is 0 Å². The molecule has 0 N–H and O–H groups in total. The molecular formula is C24H32Si2. The van der Waals surface area contributed by atoms with Crippen molar-refractivity contribution >= 4 is 21.7 Å². The number of hydrogen-bond acceptors (Lipinski definition) is 0. The average molecular weight is 379 g/mol. The summed E-state index contributed by atoms with van der Waals surface area (Å²) in [5.41, 5.74) is 3.90. The van der Waals surface area contributed by atoms with E-state index in [-0.39, 0.29) is 5.92 Å². The molecule has 0 aliphatic heterocycles. The number of rotatable bonds is 5. The Kier molecular flexibility index (Phi) is 3.65. The van der Waals surface area contributed by atoms with E-state index in [0.717, 1.165) is 5.56 Å². The molecule has 0 aromatic heterocycles. The molecule has 26 heavy (non-hydrogen) atoms. The Morgan fingerprint density at radius 1 is 0.769 bits per heavy atom. The molecule has 2 aliphatic carbocycles. The van der Waals surface area contributed by atoms with Crippen molar-refractivity contribution in [2.24, 2.45) is 11.8 Å². The predicted molar refractivity (Wildman–Crippen MR) is 120 cm³/mol. The summed E-state index contributed by atoms with van der Waals surface area (Å²) in [5, 5.41) is 1.31. The van der Waals surface area contributed by atoms with Crippen LogP contribution in [0.1, 0.15) is 19.8 Å². The zero-order valence-electron chi connectivity index (χ0n) is 18.9. The molecule has 0 nitrogen and oxygen atoms in total. The maximum atomic E-state index is 9.78. The molecule has 0 heterocycles. The molecule has 136 valence electrons. The van der Waals surface area contributed by atoms with Gasteiger partial charge in [0.25, 0.3) is 0 Å². The molecule has 0 unspecified atom stereocenters. The molecule has 0 bridgehead atoms. The minimum Gasteiger partial charge on any atom is -0.0693 e. The standard InChI is InChI=1S/C24H32Si2/c1-25(2,3)23-19(17-13-9-7-10-14-17)21(23)22-20(24(22)26(4,5)6)18-15-11-8-12-16-18/h7-16,19,21-23H,1-6H3/t19-,21+,22+,23-/m1/s1/i21D,22D. The fourth-order valence-corrected chi connectivity index (χ4v) is 9.20. The maximum Gasteiger partial charge on any atom is 0.0736 e. The molecule has 0 saturated heterocycles. The highest BCUT2D eigenvalue weighted by atomic mass is 28.3. The van der Waals surface area contributed by atoms with Crippen LogP contribution >= 0.6 is 0 Å². The van der Waals surface area contributed by atoms with Gasteiger partial charge in [0.05, 0.1) is 8.07 Å². The lowest BCUT2D eigenvalue weighted by Gasteiger charge is -2.18. The first kappa shape index (κ1) is 15.7. The molecule has 4 atom stereocenters. The largest absolute Gasteiger partial charge is 0.0736 e. The van der Waals surface area contributed by atoms with Gasteiger partial charge in [-0.1, -0.05) is 105 Å². The van der Waals surface area contributed by atoms with Crippen molar-refractivity contribution in [3.63, 3.8) is 0 Å². The van der Waals surface area contributed by atoms with E-state index in [2.05, 4.69) is 93.9 Å². The van der Waals surface area contributed by atoms with Crippen molar-refractivity contribution < 1.29 is 2.74 Å². The molecule has 2 aliphatic rings. The van der Waals surface area contributed by atoms with Gasteiger partial charge in [0.2, 0.25) is 0 Å². The number of benzene rings is 2. The lowest BCUT2D eigenvalue weighted by Crippen LogP contribution is -2.23. The molecule has 2 heteroatoms. The molecule has 2 aromatic carbocycles. The van der Waals surface area contributed by atoms with Gasteiger partial charge in [-0.2, -0.15) is 0 Å². The van der Waals surface area contributed by atoms with Crippen LogP contribution in [-0.2, 0) is 0 Å². The Hall–Kier alpha value is -1.39. The first-order valence-corrected chi connectivity index (χ1v) is 16.9. The molecule has 1 saturated carbocycles. The first-order valence-electron chi connectivity index (χ1n) is 10.8. The van der Waals surface area contributed by atoms with E-state index in [4.69, 9.17) is 0 Å². The normalized spacial score (nSPS) is 35.0. The zero-order valence-corrected chi connectivity index (χ0v) is 18.9. The minimum atomic E-state index is -1.71. The van der Waals surface area contributed by atoms with E-state index >= 15 is 0 Å². The smallest absolute Gasteiger partial charge is 0.0693 e. The third-order valence-electron chi connectivity index (χ3n) is 5.77. The lowest BCUT2D eigenvalue weighted by atomic mass is 10.0. The van der Waals surface area contributed by atoms with Gasteiger partial charge in [-0.25, -0.2) is 0 Å². The van der Waals surface area contributed by atoms with Crippen molar-refractivity contribution in [1.29, 1.82) is 0 Å². The van der Waals surface area contributed by atoms with Gasteiger partial charge < -0.3 is 0 Å². The van der Waals surface area contributed by atoms with Gasteiger partial charge >= 0.3 is 0 Å². The van der Waals surface area contributed by atoms with Crippen LogP contribution in [0.15, 0.2) is 65.9 Å². The van der Waals surface area contributed by atoms with E-state index in [1.165, 1.54) is 16.3 Å². The van der Waals surface area contributed by atoms with Gasteiger partial charge in [0.1, 0.15) is 0 Å². The van der Waals surface area contributed by atoms with Crippen LogP contribution in [0.3, 0.4) is 0 Å². The Bertz CT molecular complexity index is 923. The highest BCUT2D eigenvalue weighted by molar-refractivity contribution is 6.86. The third-order valence-corrected chi connectivity index (χ3v) is 10.3. The third kappa shape index (κ3) is 3.07. The molecule has 1 fully saturated rings. The fraction of sp³-hybridized carbons (Fsp3) is 0.417. The van der Waals surface area contributed by atoms with Crippen molar-refractivity contribution in [3.05, 3.63) is 77.0 Å². The summed E-state index contributed by atoms with van der Waals surface area (Å²) in [6, 6.07) is 21.0. The highest BCUT2D eigenvalue weighted by Crippen LogP contribution is 2.74. The van der Waals surface area contributed by atoms with Crippen LogP contribution in [-0.4, -0.2) is 16.1 Å². The fourth-order valence-electron chi connectivity index (χ4n) is 4.69. The quantitative estimate of drug-likeness (QED) is 0.488. The molecule has 4 rings (SSSR count). The van der Waals surface area contributed by atoms with Gasteiger partial charge in [-0.15, -0.1) is 0 Å². The maximum absolute atomic E-state index is 9.78. The van der Waals surface area contributed by atoms with E-state index in [1.807, 2.05) is 6.07 Å². The van der Waals surface area contributed by atoms with Crippen molar-refractivity contribution in [2.45, 2.75) is 50.7 Å². The summed E-state index contributed by atoms with van der Waals surface area (Å²) in [6.07, 6.45) is 0. The summed E-state index contributed by atoms with van der Waals surface area (Å²) in [6.45, 7) is 14.2. The second kappa shape index (κ2) is 6.07. The van der Waals surface area contributed by atoms with Crippen LogP contribution in [0.5, 0.6) is 0 Å².